The third kappa shape index (κ3) is 6.72. The molecule has 0 saturated carbocycles. The molecule has 1 atom stereocenters. The number of hydrogen-bond acceptors (Lipinski definition) is 2. The quantitative estimate of drug-likeness (QED) is 0.570. The zero-order valence-electron chi connectivity index (χ0n) is 19.1. The van der Waals surface area contributed by atoms with Crippen molar-refractivity contribution in [3.05, 3.63) is 70.3 Å². The summed E-state index contributed by atoms with van der Waals surface area (Å²) >= 11 is 0. The van der Waals surface area contributed by atoms with Crippen LogP contribution in [0, 0.1) is 20.8 Å². The lowest BCUT2D eigenvalue weighted by Gasteiger charge is -2.31. The highest BCUT2D eigenvalue weighted by Crippen LogP contribution is 2.17. The number of carbonyl (C=O) groups excluding carboxylic acids is 2. The van der Waals surface area contributed by atoms with Gasteiger partial charge in [-0.15, -0.1) is 0 Å². The van der Waals surface area contributed by atoms with Gasteiger partial charge in [-0.3, -0.25) is 9.59 Å². The van der Waals surface area contributed by atoms with E-state index in [1.807, 2.05) is 44.2 Å². The Morgan fingerprint density at radius 2 is 1.60 bits per heavy atom. The maximum Gasteiger partial charge on any atom is 0.242 e. The fourth-order valence-corrected chi connectivity index (χ4v) is 3.51. The van der Waals surface area contributed by atoms with Crippen molar-refractivity contribution in [2.75, 3.05) is 6.54 Å². The molecule has 4 heteroatoms. The smallest absolute Gasteiger partial charge is 0.242 e. The predicted octanol–water partition coefficient (Wildman–Crippen LogP) is 4.88. The minimum absolute atomic E-state index is 0.0173. The van der Waals surface area contributed by atoms with Crippen LogP contribution in [0.4, 0.5) is 0 Å². The topological polar surface area (TPSA) is 49.4 Å². The van der Waals surface area contributed by atoms with Crippen LogP contribution >= 0.6 is 0 Å². The first-order valence-electron chi connectivity index (χ1n) is 11.0. The average molecular weight is 409 g/mol. The second-order valence-electron chi connectivity index (χ2n) is 8.17. The Hall–Kier alpha value is -2.62. The first kappa shape index (κ1) is 23.7. The highest BCUT2D eigenvalue weighted by Gasteiger charge is 2.28. The molecule has 0 unspecified atom stereocenters. The molecule has 0 aliphatic rings. The minimum atomic E-state index is -0.470. The van der Waals surface area contributed by atoms with E-state index in [0.29, 0.717) is 25.9 Å². The molecular formula is C26H36N2O2. The molecule has 0 bridgehead atoms. The number of hydrogen-bond donors (Lipinski definition) is 1. The van der Waals surface area contributed by atoms with E-state index in [1.54, 1.807) is 4.90 Å². The van der Waals surface area contributed by atoms with Gasteiger partial charge >= 0.3 is 0 Å². The first-order chi connectivity index (χ1) is 14.3. The van der Waals surface area contributed by atoms with E-state index in [2.05, 4.69) is 38.2 Å². The van der Waals surface area contributed by atoms with Crippen molar-refractivity contribution in [2.24, 2.45) is 0 Å². The van der Waals surface area contributed by atoms with Crippen LogP contribution in [0.5, 0.6) is 0 Å². The molecule has 162 valence electrons. The van der Waals surface area contributed by atoms with Gasteiger partial charge in [0.15, 0.2) is 0 Å². The SMILES string of the molecule is CCCCNC(=O)[C@@H](CC)N(Cc1ccc(C)cc1)C(=O)Cc1ccc(C)c(C)c1. The van der Waals surface area contributed by atoms with Gasteiger partial charge in [0.2, 0.25) is 11.8 Å². The Labute approximate surface area is 181 Å². The Kier molecular flexibility index (Phi) is 9.10. The Balaban J connectivity index is 2.25. The van der Waals surface area contributed by atoms with E-state index < -0.39 is 6.04 Å². The number of rotatable bonds is 10. The molecule has 30 heavy (non-hydrogen) atoms. The monoisotopic (exact) mass is 408 g/mol. The molecule has 2 rings (SSSR count). The third-order valence-electron chi connectivity index (χ3n) is 5.62. The van der Waals surface area contributed by atoms with Gasteiger partial charge in [-0.05, 0) is 55.9 Å². The summed E-state index contributed by atoms with van der Waals surface area (Å²) in [5.74, 6) is -0.0807. The van der Waals surface area contributed by atoms with Gasteiger partial charge in [-0.25, -0.2) is 0 Å². The van der Waals surface area contributed by atoms with Crippen LogP contribution in [0.25, 0.3) is 0 Å². The van der Waals surface area contributed by atoms with E-state index in [0.717, 1.165) is 24.0 Å². The standard InChI is InChI=1S/C26H36N2O2/c1-6-8-15-27-26(30)24(7-2)28(18-22-12-9-19(3)10-13-22)25(29)17-23-14-11-20(4)21(5)16-23/h9-14,16,24H,6-8,15,17-18H2,1-5H3,(H,27,30)/t24-/m1/s1. The third-order valence-corrected chi connectivity index (χ3v) is 5.62. The molecule has 0 aromatic heterocycles. The summed E-state index contributed by atoms with van der Waals surface area (Å²) in [6.07, 6.45) is 2.85. The van der Waals surface area contributed by atoms with Crippen molar-refractivity contribution in [1.82, 2.24) is 10.2 Å². The van der Waals surface area contributed by atoms with Crippen molar-refractivity contribution in [2.45, 2.75) is 72.9 Å². The lowest BCUT2D eigenvalue weighted by atomic mass is 10.0. The maximum absolute atomic E-state index is 13.4. The molecule has 0 saturated heterocycles. The number of nitrogens with one attached hydrogen (secondary N) is 1. The molecule has 2 amide bonds. The van der Waals surface area contributed by atoms with Gasteiger partial charge in [-0.1, -0.05) is 68.3 Å². The number of carbonyl (C=O) groups is 2. The van der Waals surface area contributed by atoms with Crippen molar-refractivity contribution in [3.63, 3.8) is 0 Å². The van der Waals surface area contributed by atoms with Crippen LogP contribution in [0.2, 0.25) is 0 Å². The van der Waals surface area contributed by atoms with Crippen LogP contribution in [-0.4, -0.2) is 29.3 Å². The molecular weight excluding hydrogens is 372 g/mol. The molecule has 0 aliphatic carbocycles. The van der Waals surface area contributed by atoms with Crippen LogP contribution in [0.15, 0.2) is 42.5 Å². The van der Waals surface area contributed by atoms with Crippen LogP contribution < -0.4 is 5.32 Å². The predicted molar refractivity (Wildman–Crippen MR) is 123 cm³/mol. The van der Waals surface area contributed by atoms with Crippen molar-refractivity contribution < 1.29 is 9.59 Å². The zero-order valence-corrected chi connectivity index (χ0v) is 19.1. The van der Waals surface area contributed by atoms with Gasteiger partial charge < -0.3 is 10.2 Å². The van der Waals surface area contributed by atoms with Gasteiger partial charge in [0, 0.05) is 13.1 Å². The number of benzene rings is 2. The molecule has 4 nitrogen and oxygen atoms in total. The van der Waals surface area contributed by atoms with Crippen molar-refractivity contribution >= 4 is 11.8 Å². The van der Waals surface area contributed by atoms with E-state index in [9.17, 15) is 9.59 Å². The summed E-state index contributed by atoms with van der Waals surface area (Å²) in [6.45, 7) is 11.3. The van der Waals surface area contributed by atoms with Crippen LogP contribution in [0.1, 0.15) is 60.9 Å². The highest BCUT2D eigenvalue weighted by atomic mass is 16.2. The first-order valence-corrected chi connectivity index (χ1v) is 11.0. The summed E-state index contributed by atoms with van der Waals surface area (Å²) in [6, 6.07) is 13.8. The lowest BCUT2D eigenvalue weighted by molar-refractivity contribution is -0.140. The second-order valence-corrected chi connectivity index (χ2v) is 8.17. The van der Waals surface area contributed by atoms with Gasteiger partial charge in [0.25, 0.3) is 0 Å². The van der Waals surface area contributed by atoms with Crippen LogP contribution in [-0.2, 0) is 22.6 Å². The summed E-state index contributed by atoms with van der Waals surface area (Å²) in [5, 5.41) is 3.01. The Morgan fingerprint density at radius 1 is 0.933 bits per heavy atom. The van der Waals surface area contributed by atoms with Crippen molar-refractivity contribution in [1.29, 1.82) is 0 Å². The van der Waals surface area contributed by atoms with Crippen LogP contribution in [0.3, 0.4) is 0 Å². The summed E-state index contributed by atoms with van der Waals surface area (Å²) in [7, 11) is 0. The van der Waals surface area contributed by atoms with E-state index in [-0.39, 0.29) is 11.8 Å². The molecule has 0 radical (unpaired) electrons. The molecule has 0 aliphatic heterocycles. The minimum Gasteiger partial charge on any atom is -0.354 e. The fraction of sp³-hybridized carbons (Fsp3) is 0.462. The average Bonchev–Trinajstić information content (AvgIpc) is 2.72. The summed E-state index contributed by atoms with van der Waals surface area (Å²) in [5.41, 5.74) is 5.59. The van der Waals surface area contributed by atoms with Gasteiger partial charge in [-0.2, -0.15) is 0 Å². The van der Waals surface area contributed by atoms with E-state index >= 15 is 0 Å². The number of amides is 2. The molecule has 0 fully saturated rings. The molecule has 2 aromatic rings. The van der Waals surface area contributed by atoms with Crippen molar-refractivity contribution in [3.8, 4) is 0 Å². The fourth-order valence-electron chi connectivity index (χ4n) is 3.51. The Morgan fingerprint density at radius 3 is 2.20 bits per heavy atom. The highest BCUT2D eigenvalue weighted by molar-refractivity contribution is 5.88. The Bertz CT molecular complexity index is 843. The maximum atomic E-state index is 13.4. The molecule has 2 aromatic carbocycles. The molecule has 0 heterocycles. The largest absolute Gasteiger partial charge is 0.354 e. The van der Waals surface area contributed by atoms with E-state index in [1.165, 1.54) is 16.7 Å². The normalized spacial score (nSPS) is 11.8. The zero-order chi connectivity index (χ0) is 22.1. The lowest BCUT2D eigenvalue weighted by Crippen LogP contribution is -2.49. The van der Waals surface area contributed by atoms with Gasteiger partial charge in [0.05, 0.1) is 6.42 Å². The molecule has 0 spiro atoms. The molecule has 1 N–H and O–H groups in total. The number of unbranched alkanes of at least 4 members (excludes halogenated alkanes) is 1. The van der Waals surface area contributed by atoms with E-state index in [4.69, 9.17) is 0 Å². The number of aryl methyl sites for hydroxylation is 3. The van der Waals surface area contributed by atoms with Gasteiger partial charge in [0.1, 0.15) is 6.04 Å². The number of nitrogens with zero attached hydrogens (tertiary/aromatic N) is 1. The second kappa shape index (κ2) is 11.5. The summed E-state index contributed by atoms with van der Waals surface area (Å²) < 4.78 is 0. The summed E-state index contributed by atoms with van der Waals surface area (Å²) in [4.78, 5) is 28.0.